The van der Waals surface area contributed by atoms with Gasteiger partial charge in [0.2, 0.25) is 0 Å². The Kier molecular flexibility index (Phi) is 14.1. The molecule has 0 saturated carbocycles. The van der Waals surface area contributed by atoms with Crippen molar-refractivity contribution in [3.8, 4) is 0 Å². The molecule has 0 aromatic carbocycles. The number of carbonyl (C=O) groups excluding carboxylic acids is 2. The third kappa shape index (κ3) is 16.7. The summed E-state index contributed by atoms with van der Waals surface area (Å²) in [5.41, 5.74) is 4.22. The van der Waals surface area contributed by atoms with Crippen LogP contribution < -0.4 is 0 Å². The first kappa shape index (κ1) is 25.8. The fourth-order valence-electron chi connectivity index (χ4n) is 1.86. The Morgan fingerprint density at radius 3 is 1.31 bits per heavy atom. The molecular weight excluding hydrogens is 360 g/mol. The Balaban J connectivity index is 4.67. The molecule has 154 valence electrons. The topological polar surface area (TPSA) is 43.4 Å². The van der Waals surface area contributed by atoms with Gasteiger partial charge in [-0.25, -0.2) is 4.79 Å². The van der Waals surface area contributed by atoms with E-state index in [-0.39, 0.29) is 11.8 Å². The summed E-state index contributed by atoms with van der Waals surface area (Å²) in [6.45, 7) is 9.46. The van der Waals surface area contributed by atoms with Crippen LogP contribution in [0, 0.1) is 0 Å². The highest BCUT2D eigenvalue weighted by molar-refractivity contribution is 5.87. The maximum absolute atomic E-state index is 11.0. The van der Waals surface area contributed by atoms with Crippen molar-refractivity contribution in [2.45, 2.75) is 34.6 Å². The number of ether oxygens (including phenoxy) is 1. The van der Waals surface area contributed by atoms with Gasteiger partial charge in [0.05, 0.1) is 7.11 Å². The van der Waals surface area contributed by atoms with E-state index in [1.165, 1.54) is 20.1 Å². The van der Waals surface area contributed by atoms with E-state index in [0.717, 1.165) is 22.3 Å². The van der Waals surface area contributed by atoms with Crippen LogP contribution in [-0.2, 0) is 14.3 Å². The van der Waals surface area contributed by atoms with Gasteiger partial charge in [0.1, 0.15) is 0 Å². The molecular formula is C26H32O3. The smallest absolute Gasteiger partial charge is 0.330 e. The van der Waals surface area contributed by atoms with Gasteiger partial charge >= 0.3 is 5.97 Å². The van der Waals surface area contributed by atoms with E-state index < -0.39 is 0 Å². The Bertz CT molecular complexity index is 820. The van der Waals surface area contributed by atoms with E-state index >= 15 is 0 Å². The largest absolute Gasteiger partial charge is 0.466 e. The van der Waals surface area contributed by atoms with Gasteiger partial charge in [0.15, 0.2) is 5.78 Å². The number of rotatable bonds is 10. The number of hydrogen-bond donors (Lipinski definition) is 0. The SMILES string of the molecule is COC(=O)/C=C/C(C)=C\C=C\C(C)=C\C=C\C=C(C)\C=C\C=C(C)\C=C\C(C)=O. The second-order valence-electron chi connectivity index (χ2n) is 6.55. The van der Waals surface area contributed by atoms with Gasteiger partial charge in [-0.2, -0.15) is 0 Å². The fraction of sp³-hybridized carbons (Fsp3) is 0.231. The molecule has 0 aliphatic rings. The lowest BCUT2D eigenvalue weighted by Gasteiger charge is -1.91. The second-order valence-corrected chi connectivity index (χ2v) is 6.55. The van der Waals surface area contributed by atoms with Crippen LogP contribution in [0.25, 0.3) is 0 Å². The first-order valence-corrected chi connectivity index (χ1v) is 9.41. The van der Waals surface area contributed by atoms with Gasteiger partial charge in [-0.05, 0) is 40.7 Å². The molecule has 0 N–H and O–H groups in total. The van der Waals surface area contributed by atoms with E-state index in [4.69, 9.17) is 0 Å². The lowest BCUT2D eigenvalue weighted by Crippen LogP contribution is -1.93. The van der Waals surface area contributed by atoms with Crippen LogP contribution in [0.1, 0.15) is 34.6 Å². The summed E-state index contributed by atoms with van der Waals surface area (Å²) < 4.78 is 4.55. The molecule has 0 spiro atoms. The molecule has 0 radical (unpaired) electrons. The van der Waals surface area contributed by atoms with Gasteiger partial charge < -0.3 is 4.74 Å². The number of esters is 1. The maximum atomic E-state index is 11.0. The van der Waals surface area contributed by atoms with E-state index in [0.29, 0.717) is 0 Å². The van der Waals surface area contributed by atoms with Gasteiger partial charge in [-0.1, -0.05) is 95.2 Å². The molecule has 0 aromatic rings. The van der Waals surface area contributed by atoms with Crippen molar-refractivity contribution in [3.63, 3.8) is 0 Å². The van der Waals surface area contributed by atoms with Gasteiger partial charge in [0, 0.05) is 6.08 Å². The van der Waals surface area contributed by atoms with Crippen LogP contribution in [0.2, 0.25) is 0 Å². The van der Waals surface area contributed by atoms with Crippen LogP contribution in [0.3, 0.4) is 0 Å². The Labute approximate surface area is 175 Å². The van der Waals surface area contributed by atoms with Crippen molar-refractivity contribution >= 4 is 11.8 Å². The molecule has 0 fully saturated rings. The summed E-state index contributed by atoms with van der Waals surface area (Å²) in [7, 11) is 1.36. The summed E-state index contributed by atoms with van der Waals surface area (Å²) in [5.74, 6) is -0.320. The molecule has 0 aromatic heterocycles. The van der Waals surface area contributed by atoms with Crippen LogP contribution in [0.5, 0.6) is 0 Å². The van der Waals surface area contributed by atoms with Crippen molar-refractivity contribution in [3.05, 3.63) is 107 Å². The normalized spacial score (nSPS) is 15.0. The predicted molar refractivity (Wildman–Crippen MR) is 123 cm³/mol. The lowest BCUT2D eigenvalue weighted by atomic mass is 10.2. The first-order chi connectivity index (χ1) is 13.7. The van der Waals surface area contributed by atoms with E-state index in [1.54, 1.807) is 18.2 Å². The highest BCUT2D eigenvalue weighted by Gasteiger charge is 1.89. The Morgan fingerprint density at radius 1 is 0.517 bits per heavy atom. The molecule has 0 heterocycles. The van der Waals surface area contributed by atoms with E-state index in [9.17, 15) is 9.59 Å². The second kappa shape index (κ2) is 15.8. The minimum Gasteiger partial charge on any atom is -0.466 e. The molecule has 0 atom stereocenters. The summed E-state index contributed by atoms with van der Waals surface area (Å²) in [6, 6.07) is 0. The first-order valence-electron chi connectivity index (χ1n) is 9.41. The van der Waals surface area contributed by atoms with Crippen LogP contribution >= 0.6 is 0 Å². The standard InChI is InChI=1S/C26H32O3/c1-21(13-9-15-23(3)17-19-25(5)27)11-7-8-12-22(2)14-10-16-24(4)18-20-26(28)29-6/h7-20H,1-6H3/b8-7+,13-9+,14-10+,19-17+,20-18+,21-11+,22-12+,23-15+,24-16-. The third-order valence-corrected chi connectivity index (χ3v) is 3.53. The third-order valence-electron chi connectivity index (χ3n) is 3.53. The average Bonchev–Trinajstić information content (AvgIpc) is 2.67. The van der Waals surface area contributed by atoms with E-state index in [2.05, 4.69) is 4.74 Å². The molecule has 0 aliphatic heterocycles. The molecule has 3 nitrogen and oxygen atoms in total. The van der Waals surface area contributed by atoms with E-state index in [1.807, 2.05) is 88.5 Å². The van der Waals surface area contributed by atoms with Crippen molar-refractivity contribution in [2.24, 2.45) is 0 Å². The number of allylic oxidation sites excluding steroid dienone is 17. The quantitative estimate of drug-likeness (QED) is 0.248. The average molecular weight is 393 g/mol. The molecule has 0 amide bonds. The lowest BCUT2D eigenvalue weighted by molar-refractivity contribution is -0.134. The molecule has 0 saturated heterocycles. The molecule has 0 aliphatic carbocycles. The van der Waals surface area contributed by atoms with Crippen molar-refractivity contribution in [1.82, 2.24) is 0 Å². The Morgan fingerprint density at radius 2 is 0.897 bits per heavy atom. The van der Waals surface area contributed by atoms with Crippen molar-refractivity contribution in [2.75, 3.05) is 7.11 Å². The van der Waals surface area contributed by atoms with Crippen molar-refractivity contribution < 1.29 is 14.3 Å². The van der Waals surface area contributed by atoms with Crippen molar-refractivity contribution in [1.29, 1.82) is 0 Å². The molecule has 29 heavy (non-hydrogen) atoms. The zero-order valence-electron chi connectivity index (χ0n) is 18.3. The number of hydrogen-bond acceptors (Lipinski definition) is 3. The predicted octanol–water partition coefficient (Wildman–Crippen LogP) is 6.31. The summed E-state index contributed by atoms with van der Waals surface area (Å²) in [4.78, 5) is 21.9. The summed E-state index contributed by atoms with van der Waals surface area (Å²) in [5, 5.41) is 0. The highest BCUT2D eigenvalue weighted by Crippen LogP contribution is 2.02. The number of carbonyl (C=O) groups is 2. The molecule has 3 heteroatoms. The number of ketones is 1. The van der Waals surface area contributed by atoms with Gasteiger partial charge in [-0.3, -0.25) is 4.79 Å². The number of methoxy groups -OCH3 is 1. The molecule has 0 bridgehead atoms. The monoisotopic (exact) mass is 392 g/mol. The maximum Gasteiger partial charge on any atom is 0.330 e. The van der Waals surface area contributed by atoms with Gasteiger partial charge in [0.25, 0.3) is 0 Å². The molecule has 0 unspecified atom stereocenters. The van der Waals surface area contributed by atoms with Gasteiger partial charge in [-0.15, -0.1) is 0 Å². The van der Waals surface area contributed by atoms with Crippen LogP contribution in [-0.4, -0.2) is 18.9 Å². The van der Waals surface area contributed by atoms with Crippen LogP contribution in [0.15, 0.2) is 107 Å². The minimum absolute atomic E-state index is 0.0442. The summed E-state index contributed by atoms with van der Waals surface area (Å²) in [6.07, 6.45) is 26.3. The fourth-order valence-corrected chi connectivity index (χ4v) is 1.86. The zero-order valence-corrected chi connectivity index (χ0v) is 18.3. The molecule has 0 rings (SSSR count). The highest BCUT2D eigenvalue weighted by atomic mass is 16.5. The minimum atomic E-state index is -0.364. The zero-order chi connectivity index (χ0) is 22.1. The Hall–Kier alpha value is -3.20. The van der Waals surface area contributed by atoms with Crippen LogP contribution in [0.4, 0.5) is 0 Å². The summed E-state index contributed by atoms with van der Waals surface area (Å²) >= 11 is 0.